The Morgan fingerprint density at radius 3 is 1.93 bits per heavy atom. The van der Waals surface area contributed by atoms with Gasteiger partial charge in [-0.2, -0.15) is 26.3 Å². The largest absolute Gasteiger partial charge is 0.506 e. The van der Waals surface area contributed by atoms with E-state index in [1.54, 1.807) is 12.1 Å². The van der Waals surface area contributed by atoms with Gasteiger partial charge in [-0.25, -0.2) is 14.4 Å². The summed E-state index contributed by atoms with van der Waals surface area (Å²) in [4.78, 5) is 47.2. The summed E-state index contributed by atoms with van der Waals surface area (Å²) in [6.07, 6.45) is -1.26. The minimum Gasteiger partial charge on any atom is -0.506 e. The van der Waals surface area contributed by atoms with Crippen LogP contribution in [0.3, 0.4) is 0 Å². The molecular weight excluding hydrogens is 818 g/mol. The molecule has 61 heavy (non-hydrogen) atoms. The number of halogens is 6. The number of aromatic amines is 1. The van der Waals surface area contributed by atoms with Crippen LogP contribution in [0.4, 0.5) is 36.8 Å². The summed E-state index contributed by atoms with van der Waals surface area (Å²) in [5.41, 5.74) is 3.54. The first kappa shape index (κ1) is 49.7. The third-order valence-electron chi connectivity index (χ3n) is 9.47. The minimum atomic E-state index is -5.08. The zero-order chi connectivity index (χ0) is 45.0. The van der Waals surface area contributed by atoms with E-state index in [2.05, 4.69) is 20.5 Å². The maximum atomic E-state index is 12.7. The SMILES string of the molecule is O=C(Nc1ccccc1-c1ccccc1)OC1CCN(CCCCCCCCCNC[C@H](O)c2ccc(O)c3[nH]c(=O)ccc23)CC1.O=C(O)C(F)(F)F.O=C(O)C(F)(F)F. The second-order valence-corrected chi connectivity index (χ2v) is 14.1. The van der Waals surface area contributed by atoms with E-state index in [0.29, 0.717) is 23.0 Å². The lowest BCUT2D eigenvalue weighted by atomic mass is 10.0. The molecule has 1 fully saturated rings. The number of anilines is 1. The highest BCUT2D eigenvalue weighted by Crippen LogP contribution is 2.29. The molecule has 19 heteroatoms. The van der Waals surface area contributed by atoms with Gasteiger partial charge in [0, 0.05) is 36.7 Å². The molecule has 0 bridgehead atoms. The number of aromatic hydroxyl groups is 1. The molecule has 4 aromatic rings. The van der Waals surface area contributed by atoms with Gasteiger partial charge in [-0.1, -0.05) is 86.7 Å². The van der Waals surface area contributed by atoms with Crippen molar-refractivity contribution in [1.82, 2.24) is 15.2 Å². The number of carboxylic acid groups (broad SMARTS) is 2. The number of carbonyl (C=O) groups is 3. The van der Waals surface area contributed by atoms with Gasteiger partial charge >= 0.3 is 30.4 Å². The Morgan fingerprint density at radius 2 is 1.33 bits per heavy atom. The molecule has 0 radical (unpaired) electrons. The van der Waals surface area contributed by atoms with Crippen molar-refractivity contribution in [2.45, 2.75) is 82.3 Å². The van der Waals surface area contributed by atoms with E-state index >= 15 is 0 Å². The average Bonchev–Trinajstić information content (AvgIpc) is 3.21. The van der Waals surface area contributed by atoms with Crippen molar-refractivity contribution in [3.05, 3.63) is 94.8 Å². The first-order valence-corrected chi connectivity index (χ1v) is 19.5. The molecule has 1 saturated heterocycles. The topological polar surface area (TPSA) is 202 Å². The van der Waals surface area contributed by atoms with Crippen molar-refractivity contribution in [2.75, 3.05) is 38.0 Å². The van der Waals surface area contributed by atoms with Gasteiger partial charge in [0.1, 0.15) is 11.9 Å². The molecule has 334 valence electrons. The summed E-state index contributed by atoms with van der Waals surface area (Å²) in [5, 5.41) is 41.9. The number of phenolic OH excluding ortho intramolecular Hbond substituents is 1. The van der Waals surface area contributed by atoms with Crippen LogP contribution in [-0.2, 0) is 14.3 Å². The number of fused-ring (bicyclic) bond motifs is 1. The summed E-state index contributed by atoms with van der Waals surface area (Å²) >= 11 is 0. The number of pyridine rings is 1. The predicted molar refractivity (Wildman–Crippen MR) is 215 cm³/mol. The summed E-state index contributed by atoms with van der Waals surface area (Å²) in [6.45, 7) is 4.28. The van der Waals surface area contributed by atoms with Gasteiger partial charge in [0.15, 0.2) is 0 Å². The quantitative estimate of drug-likeness (QED) is 0.0423. The van der Waals surface area contributed by atoms with E-state index in [1.165, 1.54) is 44.2 Å². The molecule has 1 aromatic heterocycles. The lowest BCUT2D eigenvalue weighted by Gasteiger charge is -2.31. The van der Waals surface area contributed by atoms with Crippen molar-refractivity contribution >= 4 is 34.6 Å². The number of nitrogens with one attached hydrogen (secondary N) is 3. The smallest absolute Gasteiger partial charge is 0.490 e. The number of aliphatic hydroxyl groups is 1. The molecule has 3 aromatic carbocycles. The first-order chi connectivity index (χ1) is 28.9. The first-order valence-electron chi connectivity index (χ1n) is 19.5. The Morgan fingerprint density at radius 1 is 0.770 bits per heavy atom. The van der Waals surface area contributed by atoms with E-state index in [-0.39, 0.29) is 23.5 Å². The molecule has 7 N–H and O–H groups in total. The van der Waals surface area contributed by atoms with Gasteiger partial charge in [0.05, 0.1) is 17.3 Å². The zero-order valence-corrected chi connectivity index (χ0v) is 33.1. The number of carbonyl (C=O) groups excluding carboxylic acids is 1. The Balaban J connectivity index is 0.000000609. The molecule has 0 spiro atoms. The van der Waals surface area contributed by atoms with Crippen LogP contribution in [0.1, 0.15) is 69.5 Å². The van der Waals surface area contributed by atoms with Crippen LogP contribution < -0.4 is 16.2 Å². The molecule has 0 saturated carbocycles. The fourth-order valence-electron chi connectivity index (χ4n) is 6.37. The number of ether oxygens (including phenoxy) is 1. The fraction of sp³-hybridized carbons (Fsp3) is 0.429. The lowest BCUT2D eigenvalue weighted by Crippen LogP contribution is -2.38. The standard InChI is InChI=1S/C38H48N4O5.2C2HF3O2/c43-34-19-17-31(32-18-20-36(45)41-37(32)34)35(44)27-39-23-11-4-2-1-3-5-12-24-42-25-21-29(22-26-42)47-38(46)40-33-16-10-9-15-30(33)28-13-7-6-8-14-28;2*3-2(4,5)1(6)7/h6-10,13-20,29,35,39,43-44H,1-5,11-12,21-27H2,(H,40,46)(H,41,45);2*(H,6,7)/t35-;;/m0../s1. The summed E-state index contributed by atoms with van der Waals surface area (Å²) in [6, 6.07) is 24.1. The third kappa shape index (κ3) is 17.8. The second kappa shape index (κ2) is 24.6. The van der Waals surface area contributed by atoms with Crippen molar-refractivity contribution in [2.24, 2.45) is 0 Å². The summed E-state index contributed by atoms with van der Waals surface area (Å²) in [7, 11) is 0. The van der Waals surface area contributed by atoms with Crippen molar-refractivity contribution in [1.29, 1.82) is 0 Å². The number of unbranched alkanes of at least 4 members (excludes halogenated alkanes) is 6. The summed E-state index contributed by atoms with van der Waals surface area (Å²) in [5.74, 6) is -5.52. The number of aliphatic carboxylic acids is 2. The van der Waals surface area contributed by atoms with Gasteiger partial charge in [0.25, 0.3) is 0 Å². The molecule has 5 rings (SSSR count). The van der Waals surface area contributed by atoms with E-state index in [0.717, 1.165) is 68.7 Å². The second-order valence-electron chi connectivity index (χ2n) is 14.1. The van der Waals surface area contributed by atoms with E-state index in [9.17, 15) is 46.1 Å². The van der Waals surface area contributed by atoms with E-state index < -0.39 is 30.4 Å². The maximum Gasteiger partial charge on any atom is 0.490 e. The molecule has 2 heterocycles. The number of phenols is 1. The maximum absolute atomic E-state index is 12.7. The van der Waals surface area contributed by atoms with Crippen molar-refractivity contribution in [3.63, 3.8) is 0 Å². The lowest BCUT2D eigenvalue weighted by molar-refractivity contribution is -0.193. The summed E-state index contributed by atoms with van der Waals surface area (Å²) < 4.78 is 69.3. The highest BCUT2D eigenvalue weighted by molar-refractivity contribution is 5.91. The van der Waals surface area contributed by atoms with Gasteiger partial charge in [-0.15, -0.1) is 0 Å². The number of H-pyrrole nitrogens is 1. The zero-order valence-electron chi connectivity index (χ0n) is 33.1. The Kier molecular flexibility index (Phi) is 20.0. The van der Waals surface area contributed by atoms with Crippen LogP contribution in [-0.4, -0.2) is 99.5 Å². The number of rotatable bonds is 16. The number of likely N-dealkylation sites (tertiary alicyclic amines) is 1. The molecular formula is C42H50F6N4O9. The molecule has 1 amide bonds. The Hall–Kier alpha value is -5.66. The van der Waals surface area contributed by atoms with Gasteiger partial charge < -0.3 is 40.4 Å². The third-order valence-corrected chi connectivity index (χ3v) is 9.47. The number of aliphatic hydroxyl groups excluding tert-OH is 1. The number of para-hydroxylation sites is 1. The van der Waals surface area contributed by atoms with Crippen molar-refractivity contribution in [3.8, 4) is 16.9 Å². The molecule has 0 unspecified atom stereocenters. The van der Waals surface area contributed by atoms with Gasteiger partial charge in [-0.3, -0.25) is 10.1 Å². The minimum absolute atomic E-state index is 0.00277. The van der Waals surface area contributed by atoms with Crippen LogP contribution in [0.2, 0.25) is 0 Å². The average molecular weight is 869 g/mol. The Labute approximate surface area is 347 Å². The number of benzene rings is 3. The molecule has 13 nitrogen and oxygen atoms in total. The highest BCUT2D eigenvalue weighted by Gasteiger charge is 2.39. The number of alkyl halides is 6. The highest BCUT2D eigenvalue weighted by atomic mass is 19.4. The fourth-order valence-corrected chi connectivity index (χ4v) is 6.37. The van der Waals surface area contributed by atoms with E-state index in [4.69, 9.17) is 24.5 Å². The molecule has 1 aliphatic rings. The monoisotopic (exact) mass is 868 g/mol. The van der Waals surface area contributed by atoms with E-state index in [1.807, 2.05) is 54.6 Å². The van der Waals surface area contributed by atoms with Crippen LogP contribution in [0, 0.1) is 0 Å². The van der Waals surface area contributed by atoms with Crippen LogP contribution in [0.5, 0.6) is 5.75 Å². The van der Waals surface area contributed by atoms with Crippen molar-refractivity contribution < 1.29 is 65.9 Å². The number of piperidine rings is 1. The molecule has 1 aliphatic heterocycles. The van der Waals surface area contributed by atoms with Gasteiger partial charge in [0.2, 0.25) is 5.56 Å². The number of nitrogens with zero attached hydrogens (tertiary/aromatic N) is 1. The number of amides is 1. The van der Waals surface area contributed by atoms with Crippen LogP contribution in [0.25, 0.3) is 22.0 Å². The Bertz CT molecular complexity index is 2020. The molecule has 0 aliphatic carbocycles. The number of hydrogen-bond acceptors (Lipinski definition) is 9. The number of carboxylic acids is 2. The predicted octanol–water partition coefficient (Wildman–Crippen LogP) is 8.23. The van der Waals surface area contributed by atoms with Crippen LogP contribution in [0.15, 0.2) is 83.7 Å². The van der Waals surface area contributed by atoms with Gasteiger partial charge in [-0.05, 0) is 68.1 Å². The molecule has 1 atom stereocenters. The van der Waals surface area contributed by atoms with Crippen LogP contribution >= 0.6 is 0 Å². The normalized spacial score (nSPS) is 13.9. The number of hydrogen-bond donors (Lipinski definition) is 7. The number of aromatic nitrogens is 1.